The molecule has 89 valence electrons. The highest BCUT2D eigenvalue weighted by Gasteiger charge is 2.22. The van der Waals surface area contributed by atoms with Gasteiger partial charge in [-0.05, 0) is 18.1 Å². The molecular weight excluding hydrogens is 224 g/mol. The maximum Gasteiger partial charge on any atom is 0.233 e. The molecule has 0 bridgehead atoms. The first-order chi connectivity index (χ1) is 8.88. The Kier molecular flexibility index (Phi) is 2.85. The Morgan fingerprint density at radius 3 is 2.61 bits per heavy atom. The minimum Gasteiger partial charge on any atom is -0.493 e. The normalized spacial score (nSPS) is 17.7. The first kappa shape index (κ1) is 11.0. The lowest BCUT2D eigenvalue weighted by Gasteiger charge is -2.26. The van der Waals surface area contributed by atoms with E-state index >= 15 is 0 Å². The van der Waals surface area contributed by atoms with Crippen molar-refractivity contribution in [3.05, 3.63) is 65.2 Å². The Morgan fingerprint density at radius 1 is 1.06 bits per heavy atom. The topological polar surface area (TPSA) is 26.3 Å². The molecule has 0 N–H and O–H groups in total. The molecule has 2 heteroatoms. The van der Waals surface area contributed by atoms with Gasteiger partial charge in [-0.1, -0.05) is 42.5 Å². The van der Waals surface area contributed by atoms with Gasteiger partial charge in [0.2, 0.25) is 6.29 Å². The molecule has 1 atom stereocenters. The van der Waals surface area contributed by atoms with Crippen LogP contribution in [0.5, 0.6) is 5.75 Å². The molecule has 0 fully saturated rings. The number of carbonyl (C=O) groups excluding carboxylic acids is 1. The number of hydrogen-bond acceptors (Lipinski definition) is 2. The number of hydrogen-bond donors (Lipinski definition) is 0. The van der Waals surface area contributed by atoms with E-state index in [0.717, 1.165) is 18.8 Å². The summed E-state index contributed by atoms with van der Waals surface area (Å²) >= 11 is 0. The summed E-state index contributed by atoms with van der Waals surface area (Å²) < 4.78 is 5.66. The van der Waals surface area contributed by atoms with Crippen molar-refractivity contribution in [2.24, 2.45) is 0 Å². The highest BCUT2D eigenvalue weighted by atomic mass is 16.5. The third-order valence-electron chi connectivity index (χ3n) is 3.39. The summed E-state index contributed by atoms with van der Waals surface area (Å²) in [7, 11) is 0. The lowest BCUT2D eigenvalue weighted by atomic mass is 9.86. The second-order valence-corrected chi connectivity index (χ2v) is 4.45. The molecule has 1 radical (unpaired) electrons. The van der Waals surface area contributed by atoms with Gasteiger partial charge in [0.25, 0.3) is 0 Å². The Morgan fingerprint density at radius 2 is 1.83 bits per heavy atom. The zero-order valence-corrected chi connectivity index (χ0v) is 9.93. The van der Waals surface area contributed by atoms with Gasteiger partial charge >= 0.3 is 0 Å². The van der Waals surface area contributed by atoms with Crippen LogP contribution in [0, 0.1) is 0 Å². The first-order valence-electron chi connectivity index (χ1n) is 6.08. The fourth-order valence-corrected chi connectivity index (χ4v) is 2.47. The first-order valence-corrected chi connectivity index (χ1v) is 6.08. The molecule has 2 aromatic carbocycles. The average molecular weight is 237 g/mol. The SMILES string of the molecule is O=[C]c1ccc(C2CCOc3ccccc32)cc1. The molecule has 2 aromatic rings. The van der Waals surface area contributed by atoms with Crippen molar-refractivity contribution >= 4 is 6.29 Å². The van der Waals surface area contributed by atoms with Gasteiger partial charge in [-0.25, -0.2) is 0 Å². The van der Waals surface area contributed by atoms with Crippen LogP contribution in [0.3, 0.4) is 0 Å². The zero-order chi connectivity index (χ0) is 12.4. The van der Waals surface area contributed by atoms with Crippen LogP contribution in [0.15, 0.2) is 48.5 Å². The summed E-state index contributed by atoms with van der Waals surface area (Å²) in [5, 5.41) is 0. The van der Waals surface area contributed by atoms with E-state index in [0.29, 0.717) is 11.5 Å². The Labute approximate surface area is 106 Å². The van der Waals surface area contributed by atoms with Gasteiger partial charge in [0, 0.05) is 17.0 Å². The molecular formula is C16H13O2. The minimum absolute atomic E-state index is 0.357. The van der Waals surface area contributed by atoms with Crippen LogP contribution in [0.4, 0.5) is 0 Å². The van der Waals surface area contributed by atoms with E-state index in [-0.39, 0.29) is 0 Å². The summed E-state index contributed by atoms with van der Waals surface area (Å²) in [4.78, 5) is 10.5. The fraction of sp³-hybridized carbons (Fsp3) is 0.188. The number of para-hydroxylation sites is 1. The third kappa shape index (κ3) is 1.90. The monoisotopic (exact) mass is 237 g/mol. The number of benzene rings is 2. The van der Waals surface area contributed by atoms with E-state index in [1.165, 1.54) is 11.1 Å². The zero-order valence-electron chi connectivity index (χ0n) is 9.93. The molecule has 1 unspecified atom stereocenters. The minimum atomic E-state index is 0.357. The quantitative estimate of drug-likeness (QED) is 0.802. The Balaban J connectivity index is 1.99. The largest absolute Gasteiger partial charge is 0.493 e. The standard InChI is InChI=1S/C16H13O2/c17-11-12-5-7-13(8-6-12)14-9-10-18-16-4-2-1-3-15(14)16/h1-8,14H,9-10H2. The fourth-order valence-electron chi connectivity index (χ4n) is 2.47. The lowest BCUT2D eigenvalue weighted by Crippen LogP contribution is -2.15. The molecule has 0 spiro atoms. The smallest absolute Gasteiger partial charge is 0.233 e. The number of ether oxygens (including phenoxy) is 1. The maximum absolute atomic E-state index is 10.5. The van der Waals surface area contributed by atoms with E-state index in [1.54, 1.807) is 0 Å². The molecule has 0 saturated carbocycles. The van der Waals surface area contributed by atoms with Crippen LogP contribution in [-0.2, 0) is 4.79 Å². The highest BCUT2D eigenvalue weighted by Crippen LogP contribution is 2.37. The molecule has 0 amide bonds. The van der Waals surface area contributed by atoms with Crippen molar-refractivity contribution in [3.63, 3.8) is 0 Å². The van der Waals surface area contributed by atoms with Crippen LogP contribution in [-0.4, -0.2) is 12.9 Å². The number of fused-ring (bicyclic) bond motifs is 1. The molecule has 1 aliphatic heterocycles. The van der Waals surface area contributed by atoms with Crippen molar-refractivity contribution in [2.45, 2.75) is 12.3 Å². The molecule has 1 heterocycles. The van der Waals surface area contributed by atoms with Gasteiger partial charge < -0.3 is 4.74 Å². The van der Waals surface area contributed by atoms with E-state index < -0.39 is 0 Å². The summed E-state index contributed by atoms with van der Waals surface area (Å²) in [6.45, 7) is 0.739. The van der Waals surface area contributed by atoms with E-state index in [9.17, 15) is 4.79 Å². The average Bonchev–Trinajstić information content (AvgIpc) is 2.47. The van der Waals surface area contributed by atoms with Crippen LogP contribution < -0.4 is 4.74 Å². The van der Waals surface area contributed by atoms with Crippen molar-refractivity contribution in [2.75, 3.05) is 6.61 Å². The predicted octanol–water partition coefficient (Wildman–Crippen LogP) is 3.06. The molecule has 2 nitrogen and oxygen atoms in total. The molecule has 1 aliphatic rings. The molecule has 0 aromatic heterocycles. The van der Waals surface area contributed by atoms with Gasteiger partial charge in [0.05, 0.1) is 6.61 Å². The van der Waals surface area contributed by atoms with E-state index in [2.05, 4.69) is 6.07 Å². The van der Waals surface area contributed by atoms with Gasteiger partial charge in [-0.15, -0.1) is 0 Å². The van der Waals surface area contributed by atoms with Crippen molar-refractivity contribution < 1.29 is 9.53 Å². The lowest BCUT2D eigenvalue weighted by molar-refractivity contribution is 0.277. The summed E-state index contributed by atoms with van der Waals surface area (Å²) in [5.41, 5.74) is 3.05. The highest BCUT2D eigenvalue weighted by molar-refractivity contribution is 5.75. The number of rotatable bonds is 2. The molecule has 0 aliphatic carbocycles. The Hall–Kier alpha value is -2.09. The molecule has 0 saturated heterocycles. The summed E-state index contributed by atoms with van der Waals surface area (Å²) in [5.74, 6) is 1.33. The van der Waals surface area contributed by atoms with Crippen molar-refractivity contribution in [1.82, 2.24) is 0 Å². The molecule has 3 rings (SSSR count). The van der Waals surface area contributed by atoms with Crippen molar-refractivity contribution in [3.8, 4) is 5.75 Å². The predicted molar refractivity (Wildman–Crippen MR) is 69.6 cm³/mol. The van der Waals surface area contributed by atoms with Gasteiger partial charge in [0.15, 0.2) is 0 Å². The van der Waals surface area contributed by atoms with Crippen LogP contribution in [0.1, 0.15) is 29.0 Å². The van der Waals surface area contributed by atoms with Crippen molar-refractivity contribution in [1.29, 1.82) is 0 Å². The van der Waals surface area contributed by atoms with Gasteiger partial charge in [-0.2, -0.15) is 0 Å². The van der Waals surface area contributed by atoms with Gasteiger partial charge in [0.1, 0.15) is 5.75 Å². The Bertz CT molecular complexity index is 558. The second kappa shape index (κ2) is 4.65. The molecule has 18 heavy (non-hydrogen) atoms. The van der Waals surface area contributed by atoms with Crippen LogP contribution >= 0.6 is 0 Å². The maximum atomic E-state index is 10.5. The third-order valence-corrected chi connectivity index (χ3v) is 3.39. The van der Waals surface area contributed by atoms with Crippen LogP contribution in [0.25, 0.3) is 0 Å². The summed E-state index contributed by atoms with van der Waals surface area (Å²) in [6, 6.07) is 15.8. The second-order valence-electron chi connectivity index (χ2n) is 4.45. The van der Waals surface area contributed by atoms with E-state index in [4.69, 9.17) is 4.74 Å². The van der Waals surface area contributed by atoms with E-state index in [1.807, 2.05) is 48.8 Å². The van der Waals surface area contributed by atoms with Crippen LogP contribution in [0.2, 0.25) is 0 Å². The summed E-state index contributed by atoms with van der Waals surface area (Å²) in [6.07, 6.45) is 2.87. The van der Waals surface area contributed by atoms with Gasteiger partial charge in [-0.3, -0.25) is 4.79 Å².